The average Bonchev–Trinajstić information content (AvgIpc) is 1.11. The van der Waals surface area contributed by atoms with Crippen LogP contribution in [0.25, 0.3) is 110 Å². The molecule has 2 heteroatoms. The lowest BCUT2D eigenvalue weighted by atomic mass is 9.85. The highest BCUT2D eigenvalue weighted by Crippen LogP contribution is 2.45. The van der Waals surface area contributed by atoms with Crippen molar-refractivity contribution in [2.45, 2.75) is 0 Å². The molecule has 0 saturated carbocycles. The molecule has 0 saturated heterocycles. The molecule has 52 heavy (non-hydrogen) atoms. The quantitative estimate of drug-likeness (QED) is 0.172. The Morgan fingerprint density at radius 3 is 0.962 bits per heavy atom. The molecule has 11 aromatic rings. The predicted octanol–water partition coefficient (Wildman–Crippen LogP) is 14.5. The first-order chi connectivity index (χ1) is 38.3. The highest BCUT2D eigenvalue weighted by Gasteiger charge is 2.18. The van der Waals surface area contributed by atoms with Gasteiger partial charge in [-0.25, -0.2) is 0 Å². The van der Waals surface area contributed by atoms with Gasteiger partial charge in [0.2, 0.25) is 0 Å². The van der Waals surface area contributed by atoms with Gasteiger partial charge < -0.3 is 8.83 Å². The van der Waals surface area contributed by atoms with Crippen molar-refractivity contribution in [2.75, 3.05) is 0 Å². The maximum atomic E-state index is 9.63. The second-order valence-electron chi connectivity index (χ2n) is 11.3. The van der Waals surface area contributed by atoms with Crippen LogP contribution in [0.4, 0.5) is 0 Å². The molecule has 0 atom stereocenters. The molecule has 9 aromatic carbocycles. The van der Waals surface area contributed by atoms with Crippen LogP contribution in [-0.2, 0) is 0 Å². The van der Waals surface area contributed by atoms with Gasteiger partial charge >= 0.3 is 0 Å². The van der Waals surface area contributed by atoms with Gasteiger partial charge in [0.1, 0.15) is 22.3 Å². The monoisotopic (exact) mass is 692 g/mol. The van der Waals surface area contributed by atoms with Crippen molar-refractivity contribution in [2.24, 2.45) is 0 Å². The molecule has 0 aliphatic heterocycles. The predicted molar refractivity (Wildman–Crippen MR) is 218 cm³/mol. The number of rotatable bonds is 4. The number of para-hydroxylation sites is 4. The smallest absolute Gasteiger partial charge is 0.143 e. The third-order valence-electron chi connectivity index (χ3n) is 8.50. The summed E-state index contributed by atoms with van der Waals surface area (Å²) in [6.45, 7) is 0. The molecule has 11 rings (SSSR count). The molecule has 0 radical (unpaired) electrons. The second-order valence-corrected chi connectivity index (χ2v) is 11.3. The lowest BCUT2D eigenvalue weighted by molar-refractivity contribution is 0.669. The summed E-state index contributed by atoms with van der Waals surface area (Å²) in [5.41, 5.74) is -8.68. The molecular weight excluding hydrogens is 633 g/mol. The van der Waals surface area contributed by atoms with E-state index in [2.05, 4.69) is 0 Å². The van der Waals surface area contributed by atoms with Crippen LogP contribution < -0.4 is 0 Å². The number of benzene rings is 9. The Hall–Kier alpha value is -6.90. The van der Waals surface area contributed by atoms with Crippen molar-refractivity contribution in [1.29, 1.82) is 0 Å². The average molecular weight is 693 g/mol. The Morgan fingerprint density at radius 1 is 0.269 bits per heavy atom. The summed E-state index contributed by atoms with van der Waals surface area (Å²) in [7, 11) is 0. The van der Waals surface area contributed by atoms with Crippen molar-refractivity contribution in [3.8, 4) is 44.5 Å². The van der Waals surface area contributed by atoms with Gasteiger partial charge in [0.05, 0.1) is 41.1 Å². The fraction of sp³-hybridized carbons (Fsp3) is 0. The van der Waals surface area contributed by atoms with Gasteiger partial charge in [-0.3, -0.25) is 0 Å². The van der Waals surface area contributed by atoms with Crippen LogP contribution in [0.5, 0.6) is 0 Å². The van der Waals surface area contributed by atoms with Gasteiger partial charge in [-0.2, -0.15) is 0 Å². The molecule has 0 aliphatic rings. The van der Waals surface area contributed by atoms with E-state index in [9.17, 15) is 16.4 Å². The van der Waals surface area contributed by atoms with Gasteiger partial charge in [-0.1, -0.05) is 169 Å². The maximum absolute atomic E-state index is 9.63. The largest absolute Gasteiger partial charge is 0.455 e. The summed E-state index contributed by atoms with van der Waals surface area (Å²) in [6, 6.07) is -28.2. The summed E-state index contributed by atoms with van der Waals surface area (Å²) < 4.78 is 282. The molecule has 0 amide bonds. The topological polar surface area (TPSA) is 26.3 Å². The summed E-state index contributed by atoms with van der Waals surface area (Å²) in [5, 5.41) is -4.91. The molecule has 2 nitrogen and oxygen atoms in total. The van der Waals surface area contributed by atoms with Crippen molar-refractivity contribution in [3.63, 3.8) is 0 Å². The molecule has 2 aromatic heterocycles. The van der Waals surface area contributed by atoms with E-state index in [1.54, 1.807) is 0 Å². The minimum atomic E-state index is -1.11. The lowest BCUT2D eigenvalue weighted by Crippen LogP contribution is -1.91. The molecule has 2 heterocycles. The van der Waals surface area contributed by atoms with Crippen molar-refractivity contribution in [1.82, 2.24) is 0 Å². The highest BCUT2D eigenvalue weighted by molar-refractivity contribution is 6.21. The minimum absolute atomic E-state index is 0.403. The Labute approximate surface area is 341 Å². The third-order valence-corrected chi connectivity index (χ3v) is 8.50. The zero-order chi connectivity index (χ0) is 60.3. The van der Waals surface area contributed by atoms with E-state index in [1.807, 2.05) is 0 Å². The van der Waals surface area contributed by atoms with Gasteiger partial charge in [0.25, 0.3) is 0 Å². The Morgan fingerprint density at radius 2 is 0.577 bits per heavy atom. The zero-order valence-corrected chi connectivity index (χ0v) is 25.8. The van der Waals surface area contributed by atoms with Crippen LogP contribution >= 0.6 is 0 Å². The molecule has 0 bridgehead atoms. The van der Waals surface area contributed by atoms with E-state index in [-0.39, 0.29) is 0 Å². The molecule has 0 spiro atoms. The first-order valence-electron chi connectivity index (χ1n) is 30.3. The minimum Gasteiger partial charge on any atom is -0.455 e. The number of hydrogen-bond acceptors (Lipinski definition) is 2. The summed E-state index contributed by atoms with van der Waals surface area (Å²) in [6.07, 6.45) is 0. The molecule has 0 unspecified atom stereocenters. The van der Waals surface area contributed by atoms with E-state index < -0.39 is 291 Å². The van der Waals surface area contributed by atoms with Crippen LogP contribution in [0.1, 0.15) is 41.1 Å². The SMILES string of the molecule is [2H]c1c([2H])c(-c2c3c([2H])c([2H])c([2H])c([2H])c3c(-c3c([2H])c([2H])c(-c4c([2H])c([2H])c([2H])c5c4oc4c([2H])c([2H])c([2H])c([2H])c45)c([2H])c3[2H])c3c([2H])c([2H])c([2H])c([2H])c23)c([2H])c([2H])c1-c1c([2H])c([2H])c([2H])c2c1oc1c([2H])c([2H])c([2H])c([2H])c12. The molecular formula is C50H30O2. The van der Waals surface area contributed by atoms with E-state index in [4.69, 9.17) is 33.5 Å². The lowest BCUT2D eigenvalue weighted by Gasteiger charge is -2.18. The fourth-order valence-corrected chi connectivity index (χ4v) is 6.26. The zero-order valence-electron chi connectivity index (χ0n) is 55.8. The number of furan rings is 2. The van der Waals surface area contributed by atoms with E-state index in [1.165, 1.54) is 0 Å². The van der Waals surface area contributed by atoms with E-state index >= 15 is 0 Å². The van der Waals surface area contributed by atoms with Gasteiger partial charge in [-0.05, 0) is 67.0 Å². The molecule has 0 aliphatic carbocycles. The van der Waals surface area contributed by atoms with Crippen LogP contribution in [0, 0.1) is 0 Å². The Balaban J connectivity index is 1.30. The normalized spacial score (nSPS) is 19.9. The van der Waals surface area contributed by atoms with Crippen molar-refractivity contribution in [3.05, 3.63) is 181 Å². The second kappa shape index (κ2) is 11.3. The highest BCUT2D eigenvalue weighted by atomic mass is 16.3. The summed E-state index contributed by atoms with van der Waals surface area (Å²) in [4.78, 5) is 0. The summed E-state index contributed by atoms with van der Waals surface area (Å²) >= 11 is 0. The first-order valence-corrected chi connectivity index (χ1v) is 15.3. The number of hydrogen-bond donors (Lipinski definition) is 0. The van der Waals surface area contributed by atoms with Crippen LogP contribution in [0.15, 0.2) is 190 Å². The Bertz CT molecular complexity index is 4480. The Kier molecular flexibility index (Phi) is 2.63. The van der Waals surface area contributed by atoms with E-state index in [0.29, 0.717) is 0 Å². The summed E-state index contributed by atoms with van der Waals surface area (Å²) in [5.74, 6) is 0. The maximum Gasteiger partial charge on any atom is 0.143 e. The van der Waals surface area contributed by atoms with Gasteiger partial charge in [0.15, 0.2) is 0 Å². The van der Waals surface area contributed by atoms with Crippen LogP contribution in [-0.4, -0.2) is 0 Å². The molecule has 242 valence electrons. The number of fused-ring (bicyclic) bond motifs is 8. The van der Waals surface area contributed by atoms with Crippen molar-refractivity contribution < 1.29 is 50.0 Å². The standard InChI is InChI=1S/C50H30O2/c1-2-14-40-39(13-1)47(33-27-23-31(24-28-33)35-17-9-19-43-37-11-5-7-21-45(37)51-49(35)43)41-15-3-4-16-42(41)48(40)34-29-25-32(26-30-34)36-18-10-20-44-38-12-6-8-22-46(38)52-50(36)44/h1-30H/i1D,2D,3D,4D,5D,6D,7D,8D,9D,10D,11D,12D,13D,14D,15D,16D,17D,18D,19D,20D,21D,22D,23D,24D,25D,26D,27D,28D,29D,30D. The third kappa shape index (κ3) is 4.31. The van der Waals surface area contributed by atoms with E-state index in [0.717, 1.165) is 0 Å². The van der Waals surface area contributed by atoms with Crippen LogP contribution in [0.3, 0.4) is 0 Å². The first kappa shape index (κ1) is 12.1. The van der Waals surface area contributed by atoms with Gasteiger partial charge in [0, 0.05) is 32.7 Å². The molecule has 0 N–H and O–H groups in total. The van der Waals surface area contributed by atoms with Crippen molar-refractivity contribution >= 4 is 65.4 Å². The van der Waals surface area contributed by atoms with Gasteiger partial charge in [-0.15, -0.1) is 0 Å². The molecule has 0 fully saturated rings. The fourth-order valence-electron chi connectivity index (χ4n) is 6.26. The van der Waals surface area contributed by atoms with Crippen LogP contribution in [0.2, 0.25) is 0 Å².